The van der Waals surface area contributed by atoms with Crippen molar-refractivity contribution in [3.8, 4) is 22.8 Å². The molecule has 9 heteroatoms. The molecule has 0 N–H and O–H groups in total. The number of hydrogen-bond donors (Lipinski definition) is 0. The molecule has 0 atom stereocenters. The summed E-state index contributed by atoms with van der Waals surface area (Å²) in [6, 6.07) is 11.7. The molecule has 2 aromatic heterocycles. The highest BCUT2D eigenvalue weighted by Crippen LogP contribution is 2.34. The first-order valence-corrected chi connectivity index (χ1v) is 9.27. The Hall–Kier alpha value is -3.36. The molecule has 6 nitrogen and oxygen atoms in total. The van der Waals surface area contributed by atoms with Gasteiger partial charge < -0.3 is 9.47 Å². The summed E-state index contributed by atoms with van der Waals surface area (Å²) >= 11 is 0. The summed E-state index contributed by atoms with van der Waals surface area (Å²) < 4.78 is 52.1. The van der Waals surface area contributed by atoms with Gasteiger partial charge >= 0.3 is 12.1 Å². The fraction of sp³-hybridized carbons (Fsp3) is 0.286. The van der Waals surface area contributed by atoms with Crippen LogP contribution in [0.3, 0.4) is 0 Å². The van der Waals surface area contributed by atoms with Gasteiger partial charge in [0, 0.05) is 5.56 Å². The Morgan fingerprint density at radius 2 is 1.90 bits per heavy atom. The molecule has 0 unspecified atom stereocenters. The van der Waals surface area contributed by atoms with Crippen molar-refractivity contribution < 1.29 is 27.4 Å². The standard InChI is InChI=1S/C21H20F3N3O3/c1-4-29-20(28)16-12-25-27(19(16)21(22,23)24)18-10-6-9-17(26-18)14-7-5-8-15(11-14)30-13(2)3/h5-13H,4H2,1-3H3. The maximum absolute atomic E-state index is 13.7. The summed E-state index contributed by atoms with van der Waals surface area (Å²) in [6.45, 7) is 5.24. The van der Waals surface area contributed by atoms with E-state index in [2.05, 4.69) is 10.1 Å². The average molecular weight is 419 g/mol. The van der Waals surface area contributed by atoms with Gasteiger partial charge in [-0.2, -0.15) is 18.3 Å². The molecule has 158 valence electrons. The van der Waals surface area contributed by atoms with Gasteiger partial charge in [0.15, 0.2) is 11.5 Å². The quantitative estimate of drug-likeness (QED) is 0.531. The van der Waals surface area contributed by atoms with E-state index in [0.29, 0.717) is 21.7 Å². The minimum atomic E-state index is -4.83. The third-order valence-corrected chi connectivity index (χ3v) is 3.99. The van der Waals surface area contributed by atoms with Gasteiger partial charge in [0.2, 0.25) is 0 Å². The highest BCUT2D eigenvalue weighted by Gasteiger charge is 2.41. The van der Waals surface area contributed by atoms with Crippen LogP contribution in [0.25, 0.3) is 17.1 Å². The molecule has 0 saturated carbocycles. The number of pyridine rings is 1. The molecule has 0 spiro atoms. The summed E-state index contributed by atoms with van der Waals surface area (Å²) in [5.41, 5.74) is -0.796. The van der Waals surface area contributed by atoms with E-state index in [4.69, 9.17) is 9.47 Å². The minimum Gasteiger partial charge on any atom is -0.491 e. The van der Waals surface area contributed by atoms with E-state index in [1.165, 1.54) is 13.0 Å². The number of esters is 1. The Labute approximate surface area is 171 Å². The molecule has 0 radical (unpaired) electrons. The zero-order valence-electron chi connectivity index (χ0n) is 16.6. The maximum atomic E-state index is 13.7. The minimum absolute atomic E-state index is 0.0285. The van der Waals surface area contributed by atoms with E-state index in [1.54, 1.807) is 36.4 Å². The van der Waals surface area contributed by atoms with Crippen molar-refractivity contribution in [2.75, 3.05) is 6.61 Å². The van der Waals surface area contributed by atoms with Crippen LogP contribution < -0.4 is 4.74 Å². The van der Waals surface area contributed by atoms with Crippen LogP contribution in [0.2, 0.25) is 0 Å². The second-order valence-corrected chi connectivity index (χ2v) is 6.61. The van der Waals surface area contributed by atoms with Crippen molar-refractivity contribution in [2.24, 2.45) is 0 Å². The van der Waals surface area contributed by atoms with Crippen molar-refractivity contribution in [1.82, 2.24) is 14.8 Å². The fourth-order valence-electron chi connectivity index (χ4n) is 2.86. The molecule has 0 saturated heterocycles. The first-order valence-electron chi connectivity index (χ1n) is 9.27. The molecule has 0 aliphatic carbocycles. The number of halogens is 3. The normalized spacial score (nSPS) is 11.6. The molecule has 0 fully saturated rings. The van der Waals surface area contributed by atoms with E-state index >= 15 is 0 Å². The Balaban J connectivity index is 2.06. The number of alkyl halides is 3. The van der Waals surface area contributed by atoms with Gasteiger partial charge in [-0.15, -0.1) is 0 Å². The first-order chi connectivity index (χ1) is 14.2. The highest BCUT2D eigenvalue weighted by atomic mass is 19.4. The largest absolute Gasteiger partial charge is 0.491 e. The molecule has 0 bridgehead atoms. The van der Waals surface area contributed by atoms with Crippen molar-refractivity contribution in [2.45, 2.75) is 33.1 Å². The lowest BCUT2D eigenvalue weighted by atomic mass is 10.1. The molecule has 2 heterocycles. The third kappa shape index (κ3) is 4.61. The van der Waals surface area contributed by atoms with Gasteiger partial charge in [-0.3, -0.25) is 0 Å². The van der Waals surface area contributed by atoms with Crippen LogP contribution in [0.15, 0.2) is 48.7 Å². The number of carbonyl (C=O) groups excluding carboxylic acids is 1. The van der Waals surface area contributed by atoms with Crippen molar-refractivity contribution in [3.05, 3.63) is 59.9 Å². The van der Waals surface area contributed by atoms with Crippen LogP contribution in [-0.2, 0) is 10.9 Å². The predicted octanol–water partition coefficient (Wildman–Crippen LogP) is 4.92. The molecule has 0 amide bonds. The predicted molar refractivity (Wildman–Crippen MR) is 104 cm³/mol. The number of carbonyl (C=O) groups is 1. The summed E-state index contributed by atoms with van der Waals surface area (Å²) in [5.74, 6) is -0.550. The van der Waals surface area contributed by atoms with Crippen LogP contribution in [0.5, 0.6) is 5.75 Å². The lowest BCUT2D eigenvalue weighted by Gasteiger charge is -2.13. The van der Waals surface area contributed by atoms with Crippen molar-refractivity contribution in [1.29, 1.82) is 0 Å². The molecule has 0 aliphatic heterocycles. The molecule has 0 aliphatic rings. The van der Waals surface area contributed by atoms with Gasteiger partial charge in [0.1, 0.15) is 11.3 Å². The second kappa shape index (κ2) is 8.56. The topological polar surface area (TPSA) is 66.2 Å². The number of hydrogen-bond acceptors (Lipinski definition) is 5. The first kappa shape index (κ1) is 21.4. The van der Waals surface area contributed by atoms with Gasteiger partial charge in [-0.05, 0) is 45.0 Å². The summed E-state index contributed by atoms with van der Waals surface area (Å²) in [4.78, 5) is 16.3. The van der Waals surface area contributed by atoms with E-state index < -0.39 is 23.4 Å². The Kier molecular flexibility index (Phi) is 6.09. The zero-order valence-corrected chi connectivity index (χ0v) is 16.6. The number of aromatic nitrogens is 3. The van der Waals surface area contributed by atoms with Gasteiger partial charge in [0.25, 0.3) is 0 Å². The fourth-order valence-corrected chi connectivity index (χ4v) is 2.86. The number of ether oxygens (including phenoxy) is 2. The summed E-state index contributed by atoms with van der Waals surface area (Å²) in [5, 5.41) is 3.76. The maximum Gasteiger partial charge on any atom is 0.434 e. The van der Waals surface area contributed by atoms with Crippen LogP contribution in [0, 0.1) is 0 Å². The molecule has 3 rings (SSSR count). The molecule has 1 aromatic carbocycles. The zero-order chi connectivity index (χ0) is 21.9. The number of rotatable bonds is 6. The smallest absolute Gasteiger partial charge is 0.434 e. The lowest BCUT2D eigenvalue weighted by Crippen LogP contribution is -2.19. The third-order valence-electron chi connectivity index (χ3n) is 3.99. The van der Waals surface area contributed by atoms with E-state index in [0.717, 1.165) is 6.20 Å². The molecular formula is C21H20F3N3O3. The van der Waals surface area contributed by atoms with Gasteiger partial charge in [-0.25, -0.2) is 14.5 Å². The summed E-state index contributed by atoms with van der Waals surface area (Å²) in [7, 11) is 0. The number of benzene rings is 1. The van der Waals surface area contributed by atoms with Crippen LogP contribution in [-0.4, -0.2) is 33.4 Å². The number of nitrogens with zero attached hydrogens (tertiary/aromatic N) is 3. The Morgan fingerprint density at radius 1 is 1.17 bits per heavy atom. The molecule has 3 aromatic rings. The summed E-state index contributed by atoms with van der Waals surface area (Å²) in [6.07, 6.45) is -4.02. The monoisotopic (exact) mass is 419 g/mol. The van der Waals surface area contributed by atoms with E-state index in [9.17, 15) is 18.0 Å². The second-order valence-electron chi connectivity index (χ2n) is 6.61. The Morgan fingerprint density at radius 3 is 2.57 bits per heavy atom. The van der Waals surface area contributed by atoms with E-state index in [-0.39, 0.29) is 18.5 Å². The van der Waals surface area contributed by atoms with E-state index in [1.807, 2.05) is 13.8 Å². The van der Waals surface area contributed by atoms with Gasteiger partial charge in [-0.1, -0.05) is 18.2 Å². The van der Waals surface area contributed by atoms with Crippen molar-refractivity contribution >= 4 is 5.97 Å². The molecule has 30 heavy (non-hydrogen) atoms. The SMILES string of the molecule is CCOC(=O)c1cnn(-c2cccc(-c3cccc(OC(C)C)c3)n2)c1C(F)(F)F. The molecular weight excluding hydrogens is 399 g/mol. The average Bonchev–Trinajstić information content (AvgIpc) is 3.14. The van der Waals surface area contributed by atoms with Crippen LogP contribution in [0.4, 0.5) is 13.2 Å². The van der Waals surface area contributed by atoms with Crippen molar-refractivity contribution in [3.63, 3.8) is 0 Å². The van der Waals surface area contributed by atoms with Gasteiger partial charge in [0.05, 0.1) is 24.6 Å². The highest BCUT2D eigenvalue weighted by molar-refractivity contribution is 5.90. The lowest BCUT2D eigenvalue weighted by molar-refractivity contribution is -0.143. The van der Waals surface area contributed by atoms with Crippen LogP contribution >= 0.6 is 0 Å². The van der Waals surface area contributed by atoms with Crippen LogP contribution in [0.1, 0.15) is 36.8 Å². The Bertz CT molecular complexity index is 1050.